The molecule has 4 aromatic rings. The Bertz CT molecular complexity index is 1190. The molecule has 0 aliphatic rings. The lowest BCUT2D eigenvalue weighted by atomic mass is 10.1. The van der Waals surface area contributed by atoms with Crippen molar-refractivity contribution in [1.82, 2.24) is 4.98 Å². The first-order valence-electron chi connectivity index (χ1n) is 9.67. The summed E-state index contributed by atoms with van der Waals surface area (Å²) < 4.78 is 6.50. The standard InChI is InChI=1S/C24H23N3O2S/c1-15-9-12-21(29-3)20(13-15)27-24(28)23(17-7-5-4-6-8-17)26-18-10-11-19-22(14-18)30-16(2)25-19/h4-14,23,26H,1-3H3,(H,27,28). The fourth-order valence-corrected chi connectivity index (χ4v) is 4.23. The quantitative estimate of drug-likeness (QED) is 0.422. The second-order valence-electron chi connectivity index (χ2n) is 7.10. The first-order valence-corrected chi connectivity index (χ1v) is 10.5. The van der Waals surface area contributed by atoms with Gasteiger partial charge >= 0.3 is 0 Å². The molecule has 0 bridgehead atoms. The number of rotatable bonds is 6. The van der Waals surface area contributed by atoms with Gasteiger partial charge in [-0.3, -0.25) is 4.79 Å². The third kappa shape index (κ3) is 4.28. The maximum Gasteiger partial charge on any atom is 0.251 e. The van der Waals surface area contributed by atoms with Crippen LogP contribution < -0.4 is 15.4 Å². The normalized spacial score (nSPS) is 11.8. The number of benzene rings is 3. The van der Waals surface area contributed by atoms with Crippen LogP contribution in [0.1, 0.15) is 22.2 Å². The van der Waals surface area contributed by atoms with E-state index in [9.17, 15) is 4.79 Å². The minimum atomic E-state index is -0.567. The van der Waals surface area contributed by atoms with Crippen molar-refractivity contribution in [3.63, 3.8) is 0 Å². The van der Waals surface area contributed by atoms with Gasteiger partial charge in [0.2, 0.25) is 0 Å². The summed E-state index contributed by atoms with van der Waals surface area (Å²) in [4.78, 5) is 17.8. The molecule has 0 saturated carbocycles. The highest BCUT2D eigenvalue weighted by atomic mass is 32.1. The molecule has 1 aromatic heterocycles. The van der Waals surface area contributed by atoms with E-state index < -0.39 is 6.04 Å². The molecule has 1 unspecified atom stereocenters. The molecular weight excluding hydrogens is 394 g/mol. The van der Waals surface area contributed by atoms with E-state index in [1.165, 1.54) is 0 Å². The monoisotopic (exact) mass is 417 g/mol. The van der Waals surface area contributed by atoms with Crippen molar-refractivity contribution in [2.24, 2.45) is 0 Å². The molecule has 1 atom stereocenters. The van der Waals surface area contributed by atoms with Crippen LogP contribution in [0.2, 0.25) is 0 Å². The van der Waals surface area contributed by atoms with Gasteiger partial charge in [0.05, 0.1) is 28.0 Å². The molecule has 0 fully saturated rings. The molecule has 3 aromatic carbocycles. The Morgan fingerprint density at radius 2 is 1.83 bits per heavy atom. The van der Waals surface area contributed by atoms with Crippen LogP contribution in [0, 0.1) is 13.8 Å². The highest BCUT2D eigenvalue weighted by Gasteiger charge is 2.22. The third-order valence-electron chi connectivity index (χ3n) is 4.81. The van der Waals surface area contributed by atoms with Crippen molar-refractivity contribution in [2.45, 2.75) is 19.9 Å². The Labute approximate surface area is 179 Å². The summed E-state index contributed by atoms with van der Waals surface area (Å²) in [6.07, 6.45) is 0. The van der Waals surface area contributed by atoms with Gasteiger partial charge in [-0.05, 0) is 55.3 Å². The number of ether oxygens (including phenoxy) is 1. The second-order valence-corrected chi connectivity index (χ2v) is 8.33. The summed E-state index contributed by atoms with van der Waals surface area (Å²) >= 11 is 1.64. The predicted octanol–water partition coefficient (Wildman–Crippen LogP) is 5.71. The zero-order chi connectivity index (χ0) is 21.1. The lowest BCUT2D eigenvalue weighted by molar-refractivity contribution is -0.117. The Morgan fingerprint density at radius 1 is 1.03 bits per heavy atom. The zero-order valence-corrected chi connectivity index (χ0v) is 17.9. The number of nitrogens with one attached hydrogen (secondary N) is 2. The number of aryl methyl sites for hydroxylation is 2. The van der Waals surface area contributed by atoms with Gasteiger partial charge in [-0.1, -0.05) is 36.4 Å². The van der Waals surface area contributed by atoms with Gasteiger partial charge in [-0.15, -0.1) is 11.3 Å². The number of carbonyl (C=O) groups is 1. The first-order chi connectivity index (χ1) is 14.5. The smallest absolute Gasteiger partial charge is 0.251 e. The van der Waals surface area contributed by atoms with Crippen molar-refractivity contribution >= 4 is 38.8 Å². The molecule has 1 amide bonds. The molecule has 152 valence electrons. The van der Waals surface area contributed by atoms with Crippen LogP contribution in [0.25, 0.3) is 10.2 Å². The molecule has 6 heteroatoms. The summed E-state index contributed by atoms with van der Waals surface area (Å²) in [6, 6.07) is 20.8. The van der Waals surface area contributed by atoms with E-state index in [-0.39, 0.29) is 5.91 Å². The molecule has 0 aliphatic carbocycles. The maximum atomic E-state index is 13.3. The van der Waals surface area contributed by atoms with Gasteiger partial charge in [-0.25, -0.2) is 4.98 Å². The van der Waals surface area contributed by atoms with E-state index in [1.807, 2.05) is 80.6 Å². The largest absolute Gasteiger partial charge is 0.495 e. The molecule has 2 N–H and O–H groups in total. The summed E-state index contributed by atoms with van der Waals surface area (Å²) in [6.45, 7) is 3.97. The van der Waals surface area contributed by atoms with E-state index >= 15 is 0 Å². The number of aromatic nitrogens is 1. The number of nitrogens with zero attached hydrogens (tertiary/aromatic N) is 1. The average Bonchev–Trinajstić information content (AvgIpc) is 3.12. The topological polar surface area (TPSA) is 63.2 Å². The van der Waals surface area contributed by atoms with E-state index in [4.69, 9.17) is 4.74 Å². The van der Waals surface area contributed by atoms with Crippen LogP contribution in [-0.2, 0) is 4.79 Å². The van der Waals surface area contributed by atoms with Crippen LogP contribution >= 0.6 is 11.3 Å². The lowest BCUT2D eigenvalue weighted by Crippen LogP contribution is -2.27. The van der Waals surface area contributed by atoms with Crippen LogP contribution in [0.3, 0.4) is 0 Å². The average molecular weight is 418 g/mol. The van der Waals surface area contributed by atoms with Gasteiger partial charge in [0.15, 0.2) is 0 Å². The van der Waals surface area contributed by atoms with E-state index in [1.54, 1.807) is 18.4 Å². The second kappa shape index (κ2) is 8.55. The molecule has 5 nitrogen and oxygen atoms in total. The number of anilines is 2. The number of carbonyl (C=O) groups excluding carboxylic acids is 1. The highest BCUT2D eigenvalue weighted by Crippen LogP contribution is 2.30. The van der Waals surface area contributed by atoms with Crippen LogP contribution in [-0.4, -0.2) is 18.0 Å². The SMILES string of the molecule is COc1ccc(C)cc1NC(=O)C(Nc1ccc2nc(C)sc2c1)c1ccccc1. The minimum Gasteiger partial charge on any atom is -0.495 e. The van der Waals surface area contributed by atoms with Crippen molar-refractivity contribution in [2.75, 3.05) is 17.7 Å². The predicted molar refractivity (Wildman–Crippen MR) is 124 cm³/mol. The number of fused-ring (bicyclic) bond motifs is 1. The van der Waals surface area contributed by atoms with Crippen molar-refractivity contribution in [1.29, 1.82) is 0 Å². The summed E-state index contributed by atoms with van der Waals surface area (Å²) in [5.74, 6) is 0.466. The number of methoxy groups -OCH3 is 1. The Morgan fingerprint density at radius 3 is 2.60 bits per heavy atom. The number of amides is 1. The van der Waals surface area contributed by atoms with Gasteiger partial charge in [0.1, 0.15) is 11.8 Å². The number of hydrogen-bond donors (Lipinski definition) is 2. The molecule has 0 saturated heterocycles. The number of thiazole rings is 1. The number of hydrogen-bond acceptors (Lipinski definition) is 5. The van der Waals surface area contributed by atoms with Crippen LogP contribution in [0.15, 0.2) is 66.7 Å². The van der Waals surface area contributed by atoms with Crippen molar-refractivity contribution in [3.8, 4) is 5.75 Å². The lowest BCUT2D eigenvalue weighted by Gasteiger charge is -2.21. The molecule has 1 heterocycles. The van der Waals surface area contributed by atoms with Gasteiger partial charge in [-0.2, -0.15) is 0 Å². The van der Waals surface area contributed by atoms with E-state index in [2.05, 4.69) is 15.6 Å². The summed E-state index contributed by atoms with van der Waals surface area (Å²) in [5.41, 5.74) is 4.40. The van der Waals surface area contributed by atoms with E-state index in [0.29, 0.717) is 11.4 Å². The fraction of sp³-hybridized carbons (Fsp3) is 0.167. The molecule has 4 rings (SSSR count). The molecule has 0 aliphatic heterocycles. The van der Waals surface area contributed by atoms with Crippen molar-refractivity contribution < 1.29 is 9.53 Å². The highest BCUT2D eigenvalue weighted by molar-refractivity contribution is 7.18. The van der Waals surface area contributed by atoms with Gasteiger partial charge < -0.3 is 15.4 Å². The zero-order valence-electron chi connectivity index (χ0n) is 17.1. The van der Waals surface area contributed by atoms with E-state index in [0.717, 1.165) is 32.0 Å². The molecule has 0 spiro atoms. The van der Waals surface area contributed by atoms with Crippen LogP contribution in [0.4, 0.5) is 11.4 Å². The molecule has 30 heavy (non-hydrogen) atoms. The first kappa shape index (κ1) is 19.9. The van der Waals surface area contributed by atoms with Crippen LogP contribution in [0.5, 0.6) is 5.75 Å². The van der Waals surface area contributed by atoms with Gasteiger partial charge in [0, 0.05) is 5.69 Å². The summed E-state index contributed by atoms with van der Waals surface area (Å²) in [5, 5.41) is 7.44. The Balaban J connectivity index is 1.65. The summed E-state index contributed by atoms with van der Waals surface area (Å²) in [7, 11) is 1.60. The Hall–Kier alpha value is -3.38. The van der Waals surface area contributed by atoms with Crippen molar-refractivity contribution in [3.05, 3.63) is 82.9 Å². The molecular formula is C24H23N3O2S. The minimum absolute atomic E-state index is 0.161. The maximum absolute atomic E-state index is 13.3. The Kier molecular flexibility index (Phi) is 5.68. The van der Waals surface area contributed by atoms with Gasteiger partial charge in [0.25, 0.3) is 5.91 Å². The molecule has 0 radical (unpaired) electrons. The fourth-order valence-electron chi connectivity index (χ4n) is 3.37. The third-order valence-corrected chi connectivity index (χ3v) is 5.75.